The van der Waals surface area contributed by atoms with Crippen molar-refractivity contribution in [2.24, 2.45) is 10.7 Å². The van der Waals surface area contributed by atoms with Gasteiger partial charge in [0.15, 0.2) is 0 Å². The summed E-state index contributed by atoms with van der Waals surface area (Å²) in [5.41, 5.74) is 6.19. The van der Waals surface area contributed by atoms with Gasteiger partial charge >= 0.3 is 0 Å². The van der Waals surface area contributed by atoms with Crippen molar-refractivity contribution < 1.29 is 9.18 Å². The van der Waals surface area contributed by atoms with Crippen molar-refractivity contribution in [2.75, 3.05) is 19.6 Å². The summed E-state index contributed by atoms with van der Waals surface area (Å²) in [7, 11) is 0. The second-order valence-electron chi connectivity index (χ2n) is 4.97. The van der Waals surface area contributed by atoms with Gasteiger partial charge < -0.3 is 16.0 Å². The molecule has 3 N–H and O–H groups in total. The predicted molar refractivity (Wildman–Crippen MR) is 88.0 cm³/mol. The Labute approximate surface area is 131 Å². The van der Waals surface area contributed by atoms with Crippen LogP contribution < -0.4 is 11.1 Å². The number of allylic oxidation sites excluding steroid dienone is 3. The van der Waals surface area contributed by atoms with Crippen LogP contribution in [0.1, 0.15) is 26.2 Å². The molecule has 1 atom stereocenters. The molecule has 1 aliphatic heterocycles. The van der Waals surface area contributed by atoms with Crippen LogP contribution in [0.15, 0.2) is 41.4 Å². The Morgan fingerprint density at radius 3 is 3.05 bits per heavy atom. The normalized spacial score (nSPS) is 19.9. The van der Waals surface area contributed by atoms with E-state index < -0.39 is 0 Å². The standard InChI is InChI=1S/C16H25FN4O/c1-2-20-14(6-3-9-17)7-4-10-19-13-15-8-5-11-21(15)16(22)12-18/h2-4,6,9-10,15,19H,5,7-8,11-13,18H2,1H3/b9-3+,10-4-,14-6-,20-2?/t15-/m0/s1. The summed E-state index contributed by atoms with van der Waals surface area (Å²) in [6.45, 7) is 3.39. The van der Waals surface area contributed by atoms with E-state index in [0.29, 0.717) is 19.3 Å². The second kappa shape index (κ2) is 10.7. The fourth-order valence-corrected chi connectivity index (χ4v) is 2.44. The number of rotatable bonds is 8. The summed E-state index contributed by atoms with van der Waals surface area (Å²) in [5.74, 6) is 0.00814. The van der Waals surface area contributed by atoms with Gasteiger partial charge in [-0.05, 0) is 38.1 Å². The molecule has 0 bridgehead atoms. The molecule has 1 aliphatic rings. The van der Waals surface area contributed by atoms with Crippen LogP contribution in [0.2, 0.25) is 0 Å². The van der Waals surface area contributed by atoms with E-state index in [2.05, 4.69) is 10.3 Å². The van der Waals surface area contributed by atoms with Crippen molar-refractivity contribution in [3.63, 3.8) is 0 Å². The van der Waals surface area contributed by atoms with Gasteiger partial charge in [-0.15, -0.1) is 0 Å². The van der Waals surface area contributed by atoms with Crippen LogP contribution in [0.5, 0.6) is 0 Å². The van der Waals surface area contributed by atoms with Crippen molar-refractivity contribution in [3.8, 4) is 0 Å². The van der Waals surface area contributed by atoms with Gasteiger partial charge in [0.1, 0.15) is 0 Å². The van der Waals surface area contributed by atoms with Gasteiger partial charge in [0.2, 0.25) is 5.91 Å². The average molecular weight is 308 g/mol. The monoisotopic (exact) mass is 308 g/mol. The Hall–Kier alpha value is -1.95. The van der Waals surface area contributed by atoms with E-state index in [1.807, 2.05) is 24.1 Å². The number of hydrogen-bond acceptors (Lipinski definition) is 4. The molecule has 0 saturated carbocycles. The van der Waals surface area contributed by atoms with Crippen LogP contribution in [0.4, 0.5) is 4.39 Å². The Bertz CT molecular complexity index is 457. The van der Waals surface area contributed by atoms with Crippen LogP contribution in [0.3, 0.4) is 0 Å². The zero-order valence-corrected chi connectivity index (χ0v) is 13.0. The lowest BCUT2D eigenvalue weighted by Gasteiger charge is -2.24. The number of amides is 1. The molecule has 0 radical (unpaired) electrons. The first-order chi connectivity index (χ1) is 10.7. The molecule has 0 aromatic rings. The highest BCUT2D eigenvalue weighted by Gasteiger charge is 2.26. The molecule has 1 rings (SSSR count). The lowest BCUT2D eigenvalue weighted by Crippen LogP contribution is -2.43. The van der Waals surface area contributed by atoms with E-state index in [1.165, 1.54) is 6.08 Å². The highest BCUT2D eigenvalue weighted by Crippen LogP contribution is 2.16. The average Bonchev–Trinajstić information content (AvgIpc) is 2.99. The number of hydrogen-bond donors (Lipinski definition) is 2. The van der Waals surface area contributed by atoms with Gasteiger partial charge in [-0.3, -0.25) is 9.79 Å². The molecule has 0 spiro atoms. The number of nitrogens with two attached hydrogens (primary N) is 1. The zero-order chi connectivity index (χ0) is 16.2. The van der Waals surface area contributed by atoms with Crippen molar-refractivity contribution in [1.82, 2.24) is 10.2 Å². The first kappa shape index (κ1) is 18.1. The molecule has 0 unspecified atom stereocenters. The van der Waals surface area contributed by atoms with Gasteiger partial charge in [-0.25, -0.2) is 4.39 Å². The molecule has 122 valence electrons. The topological polar surface area (TPSA) is 70.7 Å². The van der Waals surface area contributed by atoms with E-state index >= 15 is 0 Å². The van der Waals surface area contributed by atoms with Crippen molar-refractivity contribution in [1.29, 1.82) is 0 Å². The third kappa shape index (κ3) is 6.22. The Kier molecular flexibility index (Phi) is 8.83. The van der Waals surface area contributed by atoms with E-state index in [9.17, 15) is 9.18 Å². The summed E-state index contributed by atoms with van der Waals surface area (Å²) >= 11 is 0. The molecule has 5 nitrogen and oxygen atoms in total. The van der Waals surface area contributed by atoms with Gasteiger partial charge in [0, 0.05) is 37.5 Å². The third-order valence-electron chi connectivity index (χ3n) is 3.44. The van der Waals surface area contributed by atoms with E-state index in [4.69, 9.17) is 5.73 Å². The molecule has 1 heterocycles. The van der Waals surface area contributed by atoms with Gasteiger partial charge in [0.05, 0.1) is 12.9 Å². The van der Waals surface area contributed by atoms with Gasteiger partial charge in [-0.2, -0.15) is 0 Å². The maximum absolute atomic E-state index is 12.0. The largest absolute Gasteiger partial charge is 0.389 e. The Morgan fingerprint density at radius 2 is 2.36 bits per heavy atom. The fraction of sp³-hybridized carbons (Fsp3) is 0.500. The Balaban J connectivity index is 2.38. The summed E-state index contributed by atoms with van der Waals surface area (Å²) in [6.07, 6.45) is 11.5. The SMILES string of the molecule is CC=N/C(=C\C=C\F)C/C=C\NC[C@@H]1CCCN1C(=O)CN. The smallest absolute Gasteiger partial charge is 0.236 e. The zero-order valence-electron chi connectivity index (χ0n) is 13.0. The van der Waals surface area contributed by atoms with E-state index in [1.54, 1.807) is 12.3 Å². The van der Waals surface area contributed by atoms with Crippen LogP contribution in [-0.2, 0) is 4.79 Å². The van der Waals surface area contributed by atoms with Crippen LogP contribution in [0, 0.1) is 0 Å². The fourth-order valence-electron chi connectivity index (χ4n) is 2.44. The summed E-state index contributed by atoms with van der Waals surface area (Å²) < 4.78 is 12.0. The van der Waals surface area contributed by atoms with Crippen LogP contribution in [-0.4, -0.2) is 42.7 Å². The number of halogens is 1. The third-order valence-corrected chi connectivity index (χ3v) is 3.44. The summed E-state index contributed by atoms with van der Waals surface area (Å²) in [5, 5.41) is 3.20. The number of carbonyl (C=O) groups is 1. The van der Waals surface area contributed by atoms with E-state index in [0.717, 1.165) is 25.1 Å². The molecule has 1 amide bonds. The van der Waals surface area contributed by atoms with E-state index in [-0.39, 0.29) is 18.5 Å². The molecular weight excluding hydrogens is 283 g/mol. The lowest BCUT2D eigenvalue weighted by molar-refractivity contribution is -0.130. The predicted octanol–water partition coefficient (Wildman–Crippen LogP) is 1.89. The molecule has 1 saturated heterocycles. The van der Waals surface area contributed by atoms with Crippen LogP contribution >= 0.6 is 0 Å². The first-order valence-corrected chi connectivity index (χ1v) is 7.55. The van der Waals surface area contributed by atoms with Crippen molar-refractivity contribution in [3.05, 3.63) is 36.5 Å². The number of aliphatic imine (C=N–C) groups is 1. The highest BCUT2D eigenvalue weighted by molar-refractivity contribution is 5.78. The number of nitrogens with one attached hydrogen (secondary N) is 1. The minimum Gasteiger partial charge on any atom is -0.389 e. The summed E-state index contributed by atoms with van der Waals surface area (Å²) in [6, 6.07) is 0.207. The number of likely N-dealkylation sites (tertiary alicyclic amines) is 1. The van der Waals surface area contributed by atoms with Gasteiger partial charge in [-0.1, -0.05) is 6.08 Å². The maximum atomic E-state index is 12.0. The molecule has 0 aromatic carbocycles. The molecular formula is C16H25FN4O. The minimum absolute atomic E-state index is 0.00814. The first-order valence-electron chi connectivity index (χ1n) is 7.55. The van der Waals surface area contributed by atoms with Gasteiger partial charge in [0.25, 0.3) is 0 Å². The number of nitrogens with zero attached hydrogens (tertiary/aromatic N) is 2. The van der Waals surface area contributed by atoms with Crippen molar-refractivity contribution in [2.45, 2.75) is 32.2 Å². The molecule has 0 aromatic heterocycles. The maximum Gasteiger partial charge on any atom is 0.236 e. The quantitative estimate of drug-likeness (QED) is 0.531. The number of carbonyl (C=O) groups excluding carboxylic acids is 1. The minimum atomic E-state index is 0.00814. The lowest BCUT2D eigenvalue weighted by atomic mass is 10.2. The molecule has 0 aliphatic carbocycles. The van der Waals surface area contributed by atoms with Crippen molar-refractivity contribution >= 4 is 12.1 Å². The highest BCUT2D eigenvalue weighted by atomic mass is 19.1. The van der Waals surface area contributed by atoms with Crippen LogP contribution in [0.25, 0.3) is 0 Å². The molecule has 1 fully saturated rings. The molecule has 22 heavy (non-hydrogen) atoms. The molecule has 6 heteroatoms. The Morgan fingerprint density at radius 1 is 1.55 bits per heavy atom. The second-order valence-corrected chi connectivity index (χ2v) is 4.97. The summed E-state index contributed by atoms with van der Waals surface area (Å²) in [4.78, 5) is 17.7.